The summed E-state index contributed by atoms with van der Waals surface area (Å²) in [7, 11) is -1.89. The Morgan fingerprint density at radius 3 is 2.33 bits per heavy atom. The van der Waals surface area contributed by atoms with Crippen LogP contribution in [-0.2, 0) is 10.0 Å². The van der Waals surface area contributed by atoms with Crippen LogP contribution in [0.2, 0.25) is 0 Å². The summed E-state index contributed by atoms with van der Waals surface area (Å²) in [6.07, 6.45) is 5.77. The van der Waals surface area contributed by atoms with Crippen molar-refractivity contribution in [3.63, 3.8) is 0 Å². The van der Waals surface area contributed by atoms with Crippen molar-refractivity contribution in [2.75, 3.05) is 25.5 Å². The molecular weight excluding hydrogens is 254 g/mol. The van der Waals surface area contributed by atoms with E-state index < -0.39 is 10.0 Å². The predicted octanol–water partition coefficient (Wildman–Crippen LogP) is 0.197. The fourth-order valence-electron chi connectivity index (χ4n) is 1.79. The van der Waals surface area contributed by atoms with Gasteiger partial charge in [-0.15, -0.1) is 4.83 Å². The molecule has 0 aliphatic carbocycles. The van der Waals surface area contributed by atoms with Crippen LogP contribution in [0, 0.1) is 0 Å². The van der Waals surface area contributed by atoms with Gasteiger partial charge in [-0.2, -0.15) is 0 Å². The zero-order chi connectivity index (χ0) is 13.0. The van der Waals surface area contributed by atoms with Crippen molar-refractivity contribution in [3.8, 4) is 0 Å². The second-order valence-corrected chi connectivity index (χ2v) is 5.80. The van der Waals surface area contributed by atoms with Gasteiger partial charge in [0.25, 0.3) is 10.0 Å². The van der Waals surface area contributed by atoms with E-state index in [9.17, 15) is 8.42 Å². The lowest BCUT2D eigenvalue weighted by atomic mass is 10.2. The van der Waals surface area contributed by atoms with E-state index in [1.165, 1.54) is 12.4 Å². The zero-order valence-electron chi connectivity index (χ0n) is 10.3. The summed E-state index contributed by atoms with van der Waals surface area (Å²) < 4.78 is 24.1. The third-order valence-electron chi connectivity index (χ3n) is 2.77. The minimum absolute atomic E-state index is 0.0760. The lowest BCUT2D eigenvalue weighted by Gasteiger charge is -2.26. The van der Waals surface area contributed by atoms with Crippen LogP contribution in [0.15, 0.2) is 17.3 Å². The van der Waals surface area contributed by atoms with E-state index in [0.717, 1.165) is 32.4 Å². The second-order valence-electron chi connectivity index (χ2n) is 4.13. The Labute approximate surface area is 107 Å². The molecule has 100 valence electrons. The third kappa shape index (κ3) is 3.15. The maximum atomic E-state index is 12.0. The molecule has 0 radical (unpaired) electrons. The molecule has 1 aromatic heterocycles. The van der Waals surface area contributed by atoms with Crippen LogP contribution in [0.5, 0.6) is 0 Å². The van der Waals surface area contributed by atoms with Crippen molar-refractivity contribution in [2.24, 2.45) is 0 Å². The van der Waals surface area contributed by atoms with Gasteiger partial charge < -0.3 is 5.32 Å². The van der Waals surface area contributed by atoms with Crippen LogP contribution in [0.3, 0.4) is 0 Å². The molecule has 7 nitrogen and oxygen atoms in total. The first-order chi connectivity index (χ1) is 8.62. The molecule has 1 saturated heterocycles. The number of piperidine rings is 1. The molecule has 0 aromatic carbocycles. The quantitative estimate of drug-likeness (QED) is 0.813. The van der Waals surface area contributed by atoms with E-state index in [4.69, 9.17) is 0 Å². The molecule has 0 unspecified atom stereocenters. The molecule has 0 amide bonds. The Hall–Kier alpha value is -1.25. The second kappa shape index (κ2) is 5.59. The van der Waals surface area contributed by atoms with Gasteiger partial charge >= 0.3 is 0 Å². The molecule has 2 rings (SSSR count). The topological polar surface area (TPSA) is 87.2 Å². The maximum absolute atomic E-state index is 12.0. The molecule has 1 aliphatic heterocycles. The number of rotatable bonds is 4. The molecule has 0 spiro atoms. The highest BCUT2D eigenvalue weighted by atomic mass is 32.2. The summed E-state index contributed by atoms with van der Waals surface area (Å²) in [5.74, 6) is 0.395. The summed E-state index contributed by atoms with van der Waals surface area (Å²) in [6.45, 7) is 1.49. The SMILES string of the molecule is CNc1ncc(S(=O)(=O)NN2CCCCC2)cn1. The lowest BCUT2D eigenvalue weighted by Crippen LogP contribution is -2.44. The maximum Gasteiger partial charge on any atom is 0.256 e. The van der Waals surface area contributed by atoms with Crippen molar-refractivity contribution in [2.45, 2.75) is 24.2 Å². The summed E-state index contributed by atoms with van der Waals surface area (Å²) in [4.78, 5) is 10.4. The Morgan fingerprint density at radius 1 is 1.17 bits per heavy atom. The molecule has 18 heavy (non-hydrogen) atoms. The van der Waals surface area contributed by atoms with Gasteiger partial charge in [0.2, 0.25) is 5.95 Å². The summed E-state index contributed by atoms with van der Waals surface area (Å²) in [5, 5.41) is 4.47. The number of hydrazine groups is 1. The summed E-state index contributed by atoms with van der Waals surface area (Å²) >= 11 is 0. The smallest absolute Gasteiger partial charge is 0.256 e. The molecular formula is C10H17N5O2S. The molecule has 0 atom stereocenters. The zero-order valence-corrected chi connectivity index (χ0v) is 11.1. The van der Waals surface area contributed by atoms with E-state index in [-0.39, 0.29) is 4.90 Å². The van der Waals surface area contributed by atoms with Gasteiger partial charge in [0, 0.05) is 20.1 Å². The molecule has 2 N–H and O–H groups in total. The van der Waals surface area contributed by atoms with Crippen molar-refractivity contribution in [3.05, 3.63) is 12.4 Å². The highest BCUT2D eigenvalue weighted by Crippen LogP contribution is 2.11. The third-order valence-corrected chi connectivity index (χ3v) is 4.10. The van der Waals surface area contributed by atoms with Crippen molar-refractivity contribution in [1.82, 2.24) is 19.8 Å². The Balaban J connectivity index is 2.08. The van der Waals surface area contributed by atoms with Crippen LogP contribution in [0.4, 0.5) is 5.95 Å². The predicted molar refractivity (Wildman–Crippen MR) is 67.3 cm³/mol. The van der Waals surface area contributed by atoms with E-state index in [1.54, 1.807) is 12.1 Å². The van der Waals surface area contributed by atoms with E-state index in [1.807, 2.05) is 0 Å². The van der Waals surface area contributed by atoms with Crippen LogP contribution in [-0.4, -0.2) is 43.5 Å². The number of hydrogen-bond acceptors (Lipinski definition) is 6. The average molecular weight is 271 g/mol. The van der Waals surface area contributed by atoms with Gasteiger partial charge in [-0.1, -0.05) is 6.42 Å². The largest absolute Gasteiger partial charge is 0.357 e. The van der Waals surface area contributed by atoms with Crippen LogP contribution in [0.25, 0.3) is 0 Å². The van der Waals surface area contributed by atoms with Gasteiger partial charge in [-0.25, -0.2) is 23.4 Å². The molecule has 1 fully saturated rings. The molecule has 1 aromatic rings. The van der Waals surface area contributed by atoms with Gasteiger partial charge in [-0.05, 0) is 12.8 Å². The minimum atomic E-state index is -3.56. The Bertz CT molecular complexity index is 481. The number of sulfonamides is 1. The van der Waals surface area contributed by atoms with Crippen molar-refractivity contribution >= 4 is 16.0 Å². The van der Waals surface area contributed by atoms with Gasteiger partial charge in [0.05, 0.1) is 12.4 Å². The molecule has 0 saturated carbocycles. The number of anilines is 1. The standard InChI is InChI=1S/C10H17N5O2S/c1-11-10-12-7-9(8-13-10)18(16,17)14-15-5-3-2-4-6-15/h7-8,14H,2-6H2,1H3,(H,11,12,13). The Kier molecular flexibility index (Phi) is 4.10. The average Bonchev–Trinajstić information content (AvgIpc) is 2.39. The molecule has 0 bridgehead atoms. The molecule has 1 aliphatic rings. The fraction of sp³-hybridized carbons (Fsp3) is 0.600. The first-order valence-corrected chi connectivity index (χ1v) is 7.37. The number of hydrogen-bond donors (Lipinski definition) is 2. The number of nitrogens with zero attached hydrogens (tertiary/aromatic N) is 3. The van der Waals surface area contributed by atoms with E-state index in [2.05, 4.69) is 20.1 Å². The van der Waals surface area contributed by atoms with Crippen LogP contribution < -0.4 is 10.1 Å². The minimum Gasteiger partial charge on any atom is -0.357 e. The first kappa shape index (κ1) is 13.2. The summed E-state index contributed by atoms with van der Waals surface area (Å²) in [6, 6.07) is 0. The van der Waals surface area contributed by atoms with Gasteiger partial charge in [-0.3, -0.25) is 0 Å². The van der Waals surface area contributed by atoms with Gasteiger partial charge in [0.1, 0.15) is 4.90 Å². The number of nitrogens with one attached hydrogen (secondary N) is 2. The highest BCUT2D eigenvalue weighted by molar-refractivity contribution is 7.89. The van der Waals surface area contributed by atoms with E-state index in [0.29, 0.717) is 5.95 Å². The number of aromatic nitrogens is 2. The fourth-order valence-corrected chi connectivity index (χ4v) is 2.80. The highest BCUT2D eigenvalue weighted by Gasteiger charge is 2.20. The van der Waals surface area contributed by atoms with E-state index >= 15 is 0 Å². The lowest BCUT2D eigenvalue weighted by molar-refractivity contribution is 0.200. The van der Waals surface area contributed by atoms with Crippen molar-refractivity contribution in [1.29, 1.82) is 0 Å². The molecule has 2 heterocycles. The van der Waals surface area contributed by atoms with Crippen molar-refractivity contribution < 1.29 is 8.42 Å². The Morgan fingerprint density at radius 2 is 1.78 bits per heavy atom. The van der Waals surface area contributed by atoms with Crippen LogP contribution in [0.1, 0.15) is 19.3 Å². The first-order valence-electron chi connectivity index (χ1n) is 5.89. The molecule has 8 heteroatoms. The summed E-state index contributed by atoms with van der Waals surface area (Å²) in [5.41, 5.74) is 0. The van der Waals surface area contributed by atoms with Crippen LogP contribution >= 0.6 is 0 Å². The monoisotopic (exact) mass is 271 g/mol. The van der Waals surface area contributed by atoms with Gasteiger partial charge in [0.15, 0.2) is 0 Å². The normalized spacial score (nSPS) is 17.6.